The van der Waals surface area contributed by atoms with Gasteiger partial charge in [-0.05, 0) is 41.4 Å². The van der Waals surface area contributed by atoms with Crippen LogP contribution in [0.15, 0.2) is 91.0 Å². The van der Waals surface area contributed by atoms with E-state index in [9.17, 15) is 15.2 Å². The van der Waals surface area contributed by atoms with E-state index in [1.807, 2.05) is 91.8 Å². The Kier molecular flexibility index (Phi) is 8.37. The van der Waals surface area contributed by atoms with Crippen LogP contribution in [0.5, 0.6) is 5.75 Å². The molecule has 1 N–H and O–H groups in total. The van der Waals surface area contributed by atoms with Crippen molar-refractivity contribution in [1.82, 2.24) is 0 Å². The highest BCUT2D eigenvalue weighted by Gasteiger charge is 2.42. The SMILES string of the molecule is CN(C)c1cc(O[Si](C)(C)C(C)(C)C)cc(C(O)(c2ccccc2)c2ccccc2)c1-c1c(Cl)cccc1[N+](=O)[O-]. The fraction of sp³-hybridized carbons (Fsp3) is 0.273. The minimum Gasteiger partial charge on any atom is -0.543 e. The van der Waals surface area contributed by atoms with Crippen LogP contribution >= 0.6 is 11.6 Å². The second-order valence-corrected chi connectivity index (χ2v) is 17.1. The van der Waals surface area contributed by atoms with E-state index >= 15 is 0 Å². The molecule has 0 fully saturated rings. The van der Waals surface area contributed by atoms with Crippen molar-refractivity contribution in [3.8, 4) is 16.9 Å². The lowest BCUT2D eigenvalue weighted by Gasteiger charge is -2.38. The average Bonchev–Trinajstić information content (AvgIpc) is 2.92. The highest BCUT2D eigenvalue weighted by atomic mass is 35.5. The summed E-state index contributed by atoms with van der Waals surface area (Å²) >= 11 is 6.78. The van der Waals surface area contributed by atoms with Gasteiger partial charge in [-0.2, -0.15) is 0 Å². The predicted octanol–water partition coefficient (Wildman–Crippen LogP) is 8.65. The Morgan fingerprint density at radius 2 is 1.39 bits per heavy atom. The minimum atomic E-state index is -2.31. The molecular weight excluding hydrogens is 552 g/mol. The number of halogens is 1. The summed E-state index contributed by atoms with van der Waals surface area (Å²) in [7, 11) is 1.42. The Bertz CT molecular complexity index is 1510. The number of anilines is 1. The van der Waals surface area contributed by atoms with Crippen molar-refractivity contribution >= 4 is 31.3 Å². The maximum atomic E-state index is 13.0. The van der Waals surface area contributed by atoms with Gasteiger partial charge in [-0.1, -0.05) is 99.1 Å². The number of benzene rings is 4. The Labute approximate surface area is 248 Å². The quantitative estimate of drug-likeness (QED) is 0.0964. The van der Waals surface area contributed by atoms with Crippen LogP contribution in [0.4, 0.5) is 11.4 Å². The van der Waals surface area contributed by atoms with Gasteiger partial charge in [0.15, 0.2) is 0 Å². The Morgan fingerprint density at radius 3 is 1.85 bits per heavy atom. The summed E-state index contributed by atoms with van der Waals surface area (Å²) in [6.45, 7) is 10.8. The van der Waals surface area contributed by atoms with E-state index in [4.69, 9.17) is 16.0 Å². The third-order valence-electron chi connectivity index (χ3n) is 7.96. The van der Waals surface area contributed by atoms with Gasteiger partial charge in [0.2, 0.25) is 8.32 Å². The first-order valence-corrected chi connectivity index (χ1v) is 16.8. The van der Waals surface area contributed by atoms with E-state index < -0.39 is 18.8 Å². The van der Waals surface area contributed by atoms with Crippen LogP contribution in [0.1, 0.15) is 37.5 Å². The number of nitro groups is 1. The Hall–Kier alpha value is -3.65. The molecule has 214 valence electrons. The second-order valence-electron chi connectivity index (χ2n) is 12.0. The van der Waals surface area contributed by atoms with E-state index in [0.29, 0.717) is 33.7 Å². The zero-order chi connectivity index (χ0) is 30.2. The summed E-state index contributed by atoms with van der Waals surface area (Å²) in [6.07, 6.45) is 0. The first-order valence-electron chi connectivity index (χ1n) is 13.5. The van der Waals surface area contributed by atoms with Gasteiger partial charge >= 0.3 is 0 Å². The molecule has 0 saturated carbocycles. The van der Waals surface area contributed by atoms with E-state index in [0.717, 1.165) is 0 Å². The van der Waals surface area contributed by atoms with Crippen LogP contribution in [0, 0.1) is 10.1 Å². The number of aliphatic hydroxyl groups is 1. The third-order valence-corrected chi connectivity index (χ3v) is 12.6. The molecule has 0 radical (unpaired) electrons. The highest BCUT2D eigenvalue weighted by molar-refractivity contribution is 6.74. The van der Waals surface area contributed by atoms with Crippen LogP contribution in [0.3, 0.4) is 0 Å². The maximum Gasteiger partial charge on any atom is 0.278 e. The molecule has 4 aromatic rings. The summed E-state index contributed by atoms with van der Waals surface area (Å²) in [5, 5.41) is 25.5. The molecule has 0 amide bonds. The van der Waals surface area contributed by atoms with E-state index in [2.05, 4.69) is 33.9 Å². The fourth-order valence-corrected chi connectivity index (χ4v) is 6.03. The molecule has 0 aliphatic rings. The molecule has 6 nitrogen and oxygen atoms in total. The van der Waals surface area contributed by atoms with Crippen molar-refractivity contribution in [1.29, 1.82) is 0 Å². The van der Waals surface area contributed by atoms with Crippen molar-refractivity contribution < 1.29 is 14.5 Å². The topological polar surface area (TPSA) is 75.8 Å². The van der Waals surface area contributed by atoms with Gasteiger partial charge in [0, 0.05) is 43.0 Å². The summed E-state index contributed by atoms with van der Waals surface area (Å²) in [6, 6.07) is 27.0. The molecule has 0 saturated heterocycles. The predicted molar refractivity (Wildman–Crippen MR) is 171 cm³/mol. The van der Waals surface area contributed by atoms with Crippen LogP contribution in [-0.2, 0) is 5.60 Å². The Morgan fingerprint density at radius 1 is 0.854 bits per heavy atom. The summed E-state index contributed by atoms with van der Waals surface area (Å²) < 4.78 is 6.80. The highest BCUT2D eigenvalue weighted by Crippen LogP contribution is 2.51. The van der Waals surface area contributed by atoms with Crippen molar-refractivity contribution in [2.75, 3.05) is 19.0 Å². The van der Waals surface area contributed by atoms with Crippen LogP contribution < -0.4 is 9.33 Å². The van der Waals surface area contributed by atoms with Crippen LogP contribution in [-0.4, -0.2) is 32.4 Å². The van der Waals surface area contributed by atoms with Gasteiger partial charge in [-0.15, -0.1) is 0 Å². The summed E-state index contributed by atoms with van der Waals surface area (Å²) in [5.41, 5.74) is 1.13. The number of hydrogen-bond donors (Lipinski definition) is 1. The number of rotatable bonds is 8. The van der Waals surface area contributed by atoms with Gasteiger partial charge in [0.05, 0.1) is 15.5 Å². The lowest BCUT2D eigenvalue weighted by atomic mass is 9.76. The fourth-order valence-electron chi connectivity index (χ4n) is 4.76. The first-order chi connectivity index (χ1) is 19.2. The average molecular weight is 589 g/mol. The Balaban J connectivity index is 2.22. The third kappa shape index (κ3) is 5.75. The van der Waals surface area contributed by atoms with Crippen LogP contribution in [0.2, 0.25) is 23.2 Å². The molecule has 0 bridgehead atoms. The summed E-state index contributed by atoms with van der Waals surface area (Å²) in [4.78, 5) is 13.8. The smallest absolute Gasteiger partial charge is 0.278 e. The number of nitrogens with zero attached hydrogens (tertiary/aromatic N) is 2. The van der Waals surface area contributed by atoms with Crippen molar-refractivity contribution in [3.63, 3.8) is 0 Å². The normalized spacial score (nSPS) is 12.2. The lowest BCUT2D eigenvalue weighted by Crippen LogP contribution is -2.44. The molecule has 0 aliphatic carbocycles. The molecule has 0 aromatic heterocycles. The van der Waals surface area contributed by atoms with E-state index in [1.165, 1.54) is 6.07 Å². The second kappa shape index (κ2) is 11.3. The zero-order valence-electron chi connectivity index (χ0n) is 24.6. The molecule has 8 heteroatoms. The summed E-state index contributed by atoms with van der Waals surface area (Å²) in [5.74, 6) is 0.582. The van der Waals surface area contributed by atoms with Crippen molar-refractivity contribution in [2.24, 2.45) is 0 Å². The van der Waals surface area contributed by atoms with Gasteiger partial charge in [-0.3, -0.25) is 10.1 Å². The maximum absolute atomic E-state index is 13.0. The molecule has 4 aromatic carbocycles. The molecule has 41 heavy (non-hydrogen) atoms. The standard InChI is InChI=1S/C33H37ClN2O4Si/c1-32(2,3)41(6,7)40-25-21-26(33(37,23-15-10-8-11-16-23)24-17-12-9-13-18-24)30(29(22-25)35(4)5)31-27(34)19-14-20-28(31)36(38)39/h8-22,37H,1-7H3. The van der Waals surface area contributed by atoms with Gasteiger partial charge in [0.25, 0.3) is 5.69 Å². The molecule has 0 aliphatic heterocycles. The minimum absolute atomic E-state index is 0.0825. The molecule has 4 rings (SSSR count). The molecular formula is C33H37ClN2O4Si. The van der Waals surface area contributed by atoms with Gasteiger partial charge in [0.1, 0.15) is 11.4 Å². The van der Waals surface area contributed by atoms with Gasteiger partial charge < -0.3 is 14.4 Å². The van der Waals surface area contributed by atoms with E-state index in [1.54, 1.807) is 12.1 Å². The van der Waals surface area contributed by atoms with Crippen LogP contribution in [0.25, 0.3) is 11.1 Å². The first kappa shape index (κ1) is 30.3. The monoisotopic (exact) mass is 588 g/mol. The largest absolute Gasteiger partial charge is 0.543 e. The molecule has 0 heterocycles. The molecule has 0 atom stereocenters. The van der Waals surface area contributed by atoms with Crippen molar-refractivity contribution in [3.05, 3.63) is 123 Å². The number of hydrogen-bond acceptors (Lipinski definition) is 5. The molecule has 0 spiro atoms. The zero-order valence-corrected chi connectivity index (χ0v) is 26.4. The number of nitro benzene ring substituents is 1. The van der Waals surface area contributed by atoms with E-state index in [-0.39, 0.29) is 21.3 Å². The molecule has 0 unspecified atom stereocenters. The van der Waals surface area contributed by atoms with Gasteiger partial charge in [-0.25, -0.2) is 0 Å². The lowest BCUT2D eigenvalue weighted by molar-refractivity contribution is -0.384. The van der Waals surface area contributed by atoms with Crippen molar-refractivity contribution in [2.45, 2.75) is 44.5 Å².